The Kier molecular flexibility index (Phi) is 3.85. The van der Waals surface area contributed by atoms with Crippen LogP contribution in [0.15, 0.2) is 18.2 Å². The van der Waals surface area contributed by atoms with E-state index in [1.165, 1.54) is 25.3 Å². The predicted molar refractivity (Wildman–Crippen MR) is 75.9 cm³/mol. The van der Waals surface area contributed by atoms with Crippen molar-refractivity contribution in [1.29, 1.82) is 0 Å². The minimum Gasteiger partial charge on any atom is -0.496 e. The summed E-state index contributed by atoms with van der Waals surface area (Å²) in [5.74, 6) is 0.859. The number of ether oxygens (including phenoxy) is 2. The molecule has 1 aromatic rings. The molecule has 0 spiro atoms. The Morgan fingerprint density at radius 1 is 1.24 bits per heavy atom. The first kappa shape index (κ1) is 14.3. The highest BCUT2D eigenvalue weighted by atomic mass is 19.1. The van der Waals surface area contributed by atoms with Crippen LogP contribution in [-0.4, -0.2) is 44.2 Å². The number of fused-ring (bicyclic) bond motifs is 1. The zero-order valence-corrected chi connectivity index (χ0v) is 12.3. The van der Waals surface area contributed by atoms with Crippen LogP contribution in [0.5, 0.6) is 5.75 Å². The molecule has 1 aromatic carbocycles. The third kappa shape index (κ3) is 2.62. The number of carbonyl (C=O) groups excluding carboxylic acids is 1. The average molecular weight is 293 g/mol. The summed E-state index contributed by atoms with van der Waals surface area (Å²) in [7, 11) is 3.23. The van der Waals surface area contributed by atoms with Gasteiger partial charge in [-0.15, -0.1) is 0 Å². The van der Waals surface area contributed by atoms with Gasteiger partial charge in [0.1, 0.15) is 11.6 Å². The maximum atomic E-state index is 13.4. The number of benzene rings is 1. The molecule has 1 amide bonds. The molecular weight excluding hydrogens is 273 g/mol. The van der Waals surface area contributed by atoms with Crippen LogP contribution in [-0.2, 0) is 4.74 Å². The van der Waals surface area contributed by atoms with Crippen molar-refractivity contribution in [2.45, 2.75) is 18.9 Å². The third-order valence-electron chi connectivity index (χ3n) is 4.72. The van der Waals surface area contributed by atoms with Gasteiger partial charge in [-0.2, -0.15) is 0 Å². The van der Waals surface area contributed by atoms with Crippen LogP contribution in [0, 0.1) is 17.7 Å². The highest BCUT2D eigenvalue weighted by molar-refractivity contribution is 5.97. The second-order valence-corrected chi connectivity index (χ2v) is 5.90. The van der Waals surface area contributed by atoms with Crippen molar-refractivity contribution >= 4 is 5.91 Å². The number of amides is 1. The van der Waals surface area contributed by atoms with Gasteiger partial charge in [0.05, 0.1) is 18.8 Å². The smallest absolute Gasteiger partial charge is 0.257 e. The van der Waals surface area contributed by atoms with E-state index in [-0.39, 0.29) is 5.91 Å². The lowest BCUT2D eigenvalue weighted by Crippen LogP contribution is -2.30. The highest BCUT2D eigenvalue weighted by Gasteiger charge is 2.42. The Morgan fingerprint density at radius 3 is 2.48 bits per heavy atom. The molecule has 1 aliphatic carbocycles. The number of halogens is 1. The van der Waals surface area contributed by atoms with Gasteiger partial charge in [-0.25, -0.2) is 4.39 Å². The molecule has 3 rings (SSSR count). The minimum atomic E-state index is -0.419. The number of nitrogens with zero attached hydrogens (tertiary/aromatic N) is 1. The van der Waals surface area contributed by atoms with E-state index in [0.29, 0.717) is 29.3 Å². The van der Waals surface area contributed by atoms with Crippen molar-refractivity contribution in [3.63, 3.8) is 0 Å². The van der Waals surface area contributed by atoms with Crippen molar-refractivity contribution < 1.29 is 18.7 Å². The summed E-state index contributed by atoms with van der Waals surface area (Å²) in [5.41, 5.74) is 0.306. The van der Waals surface area contributed by atoms with Crippen LogP contribution in [0.3, 0.4) is 0 Å². The summed E-state index contributed by atoms with van der Waals surface area (Å²) in [6, 6.07) is 4.06. The Morgan fingerprint density at radius 2 is 1.90 bits per heavy atom. The molecule has 1 saturated carbocycles. The number of methoxy groups -OCH3 is 2. The zero-order valence-electron chi connectivity index (χ0n) is 12.3. The molecular formula is C16H20FNO3. The van der Waals surface area contributed by atoms with Gasteiger partial charge in [0, 0.05) is 20.2 Å². The Labute approximate surface area is 123 Å². The first-order chi connectivity index (χ1) is 10.1. The molecule has 3 atom stereocenters. The number of rotatable bonds is 3. The fraction of sp³-hybridized carbons (Fsp3) is 0.562. The maximum absolute atomic E-state index is 13.4. The van der Waals surface area contributed by atoms with Crippen LogP contribution >= 0.6 is 0 Å². The standard InChI is InChI=1S/C16H20FNO3/c1-20-13-5-10-8-18(9-11(10)6-13)16(19)14-7-12(17)3-4-15(14)21-2/h3-4,7,10-11,13H,5-6,8-9H2,1-2H3/t10-,11+,13?. The first-order valence-electron chi connectivity index (χ1n) is 7.28. The van der Waals surface area contributed by atoms with Crippen molar-refractivity contribution in [2.75, 3.05) is 27.3 Å². The van der Waals surface area contributed by atoms with Gasteiger partial charge in [-0.1, -0.05) is 0 Å². The molecule has 1 unspecified atom stereocenters. The van der Waals surface area contributed by atoms with Crippen LogP contribution < -0.4 is 4.74 Å². The van der Waals surface area contributed by atoms with Crippen molar-refractivity contribution in [3.05, 3.63) is 29.6 Å². The number of likely N-dealkylation sites (tertiary alicyclic amines) is 1. The second kappa shape index (κ2) is 5.64. The number of carbonyl (C=O) groups is 1. The Balaban J connectivity index is 1.75. The van der Waals surface area contributed by atoms with E-state index < -0.39 is 5.82 Å². The van der Waals surface area contributed by atoms with Crippen LogP contribution in [0.25, 0.3) is 0 Å². The van der Waals surface area contributed by atoms with E-state index in [1.807, 2.05) is 4.90 Å². The Hall–Kier alpha value is -1.62. The summed E-state index contributed by atoms with van der Waals surface area (Å²) >= 11 is 0. The molecule has 4 nitrogen and oxygen atoms in total. The van der Waals surface area contributed by atoms with E-state index in [2.05, 4.69) is 0 Å². The molecule has 1 heterocycles. The minimum absolute atomic E-state index is 0.144. The maximum Gasteiger partial charge on any atom is 0.257 e. The molecule has 1 aliphatic heterocycles. The SMILES string of the molecule is COc1ccc(F)cc1C(=O)N1C[C@H]2CC(OC)C[C@H]2C1. The molecule has 0 radical (unpaired) electrons. The van der Waals surface area contributed by atoms with Crippen molar-refractivity contribution in [3.8, 4) is 5.75 Å². The van der Waals surface area contributed by atoms with Gasteiger partial charge in [0.2, 0.25) is 0 Å². The lowest BCUT2D eigenvalue weighted by molar-refractivity contribution is 0.0728. The Bertz CT molecular complexity index is 534. The molecule has 0 aromatic heterocycles. The summed E-state index contributed by atoms with van der Waals surface area (Å²) in [5, 5.41) is 0. The van der Waals surface area contributed by atoms with Gasteiger partial charge in [-0.05, 0) is 42.9 Å². The lowest BCUT2D eigenvalue weighted by Gasteiger charge is -2.20. The van der Waals surface area contributed by atoms with Gasteiger partial charge in [0.25, 0.3) is 5.91 Å². The van der Waals surface area contributed by atoms with E-state index >= 15 is 0 Å². The van der Waals surface area contributed by atoms with Crippen LogP contribution in [0.2, 0.25) is 0 Å². The van der Waals surface area contributed by atoms with Gasteiger partial charge in [-0.3, -0.25) is 4.79 Å². The van der Waals surface area contributed by atoms with Crippen molar-refractivity contribution in [1.82, 2.24) is 4.90 Å². The molecule has 1 saturated heterocycles. The average Bonchev–Trinajstić information content (AvgIpc) is 3.04. The van der Waals surface area contributed by atoms with E-state index in [9.17, 15) is 9.18 Å². The summed E-state index contributed by atoms with van der Waals surface area (Å²) in [4.78, 5) is 14.4. The van der Waals surface area contributed by atoms with Crippen LogP contribution in [0.1, 0.15) is 23.2 Å². The molecule has 2 aliphatic rings. The molecule has 0 bridgehead atoms. The number of hydrogen-bond donors (Lipinski definition) is 0. The quantitative estimate of drug-likeness (QED) is 0.858. The third-order valence-corrected chi connectivity index (χ3v) is 4.72. The topological polar surface area (TPSA) is 38.8 Å². The monoisotopic (exact) mass is 293 g/mol. The van der Waals surface area contributed by atoms with Gasteiger partial charge >= 0.3 is 0 Å². The molecule has 114 valence electrons. The van der Waals surface area contributed by atoms with E-state index in [4.69, 9.17) is 9.47 Å². The summed E-state index contributed by atoms with van der Waals surface area (Å²) < 4.78 is 24.0. The van der Waals surface area contributed by atoms with Gasteiger partial charge in [0.15, 0.2) is 0 Å². The summed E-state index contributed by atoms with van der Waals surface area (Å²) in [6.07, 6.45) is 2.33. The van der Waals surface area contributed by atoms with E-state index in [0.717, 1.165) is 25.9 Å². The molecule has 21 heavy (non-hydrogen) atoms. The molecule has 0 N–H and O–H groups in total. The van der Waals surface area contributed by atoms with Crippen molar-refractivity contribution in [2.24, 2.45) is 11.8 Å². The predicted octanol–water partition coefficient (Wildman–Crippen LogP) is 2.33. The summed E-state index contributed by atoms with van der Waals surface area (Å²) in [6.45, 7) is 1.45. The molecule has 5 heteroatoms. The first-order valence-corrected chi connectivity index (χ1v) is 7.28. The normalized spacial score (nSPS) is 27.8. The van der Waals surface area contributed by atoms with Crippen LogP contribution in [0.4, 0.5) is 4.39 Å². The zero-order chi connectivity index (χ0) is 15.0. The lowest BCUT2D eigenvalue weighted by atomic mass is 10.0. The largest absolute Gasteiger partial charge is 0.496 e. The fourth-order valence-corrected chi connectivity index (χ4v) is 3.62. The van der Waals surface area contributed by atoms with E-state index in [1.54, 1.807) is 7.11 Å². The number of hydrogen-bond acceptors (Lipinski definition) is 3. The fourth-order valence-electron chi connectivity index (χ4n) is 3.62. The highest BCUT2D eigenvalue weighted by Crippen LogP contribution is 2.40. The van der Waals surface area contributed by atoms with Gasteiger partial charge < -0.3 is 14.4 Å². The molecule has 2 fully saturated rings. The second-order valence-electron chi connectivity index (χ2n) is 5.90.